The summed E-state index contributed by atoms with van der Waals surface area (Å²) in [6.45, 7) is 0. The number of thiophene rings is 1. The van der Waals surface area contributed by atoms with E-state index in [0.717, 1.165) is 11.4 Å². The normalized spacial score (nSPS) is 12.7. The minimum atomic E-state index is -0.511. The van der Waals surface area contributed by atoms with Gasteiger partial charge in [-0.15, -0.1) is 11.3 Å². The first-order valence-corrected chi connectivity index (χ1v) is 21.8. The van der Waals surface area contributed by atoms with Crippen molar-refractivity contribution in [2.24, 2.45) is 0 Å². The lowest BCUT2D eigenvalue weighted by Crippen LogP contribution is -2.28. The van der Waals surface area contributed by atoms with Crippen LogP contribution in [0.15, 0.2) is 237 Å². The molecule has 1 aliphatic rings. The maximum absolute atomic E-state index is 2.54. The molecule has 0 atom stereocenters. The molecule has 0 N–H and O–H groups in total. The van der Waals surface area contributed by atoms with Gasteiger partial charge in [-0.2, -0.15) is 0 Å². The molecule has 1 nitrogen and oxygen atoms in total. The van der Waals surface area contributed by atoms with Crippen LogP contribution in [0, 0.1) is 0 Å². The fourth-order valence-corrected chi connectivity index (χ4v) is 11.5. The van der Waals surface area contributed by atoms with Gasteiger partial charge in [0.1, 0.15) is 0 Å². The Hall–Kier alpha value is -7.52. The number of fused-ring (bicyclic) bond motifs is 7. The molecule has 10 aromatic carbocycles. The summed E-state index contributed by atoms with van der Waals surface area (Å²) in [6.07, 6.45) is 0. The van der Waals surface area contributed by atoms with Crippen LogP contribution in [0.2, 0.25) is 0 Å². The van der Waals surface area contributed by atoms with Gasteiger partial charge in [0, 0.05) is 26.7 Å². The first-order valence-electron chi connectivity index (χ1n) is 21.0. The van der Waals surface area contributed by atoms with Crippen LogP contribution in [0.4, 0.5) is 17.1 Å². The summed E-state index contributed by atoms with van der Waals surface area (Å²) in [5.74, 6) is 0. The third-order valence-corrected chi connectivity index (χ3v) is 14.0. The Balaban J connectivity index is 1.15. The van der Waals surface area contributed by atoms with E-state index >= 15 is 0 Å². The molecule has 0 fully saturated rings. The average molecular weight is 794 g/mol. The number of rotatable bonds is 7. The molecular formula is C59H39NS. The van der Waals surface area contributed by atoms with E-state index < -0.39 is 5.41 Å². The maximum atomic E-state index is 2.54. The van der Waals surface area contributed by atoms with Gasteiger partial charge >= 0.3 is 0 Å². The zero-order valence-corrected chi connectivity index (χ0v) is 34.2. The molecule has 61 heavy (non-hydrogen) atoms. The van der Waals surface area contributed by atoms with Crippen LogP contribution in [0.1, 0.15) is 22.3 Å². The van der Waals surface area contributed by atoms with Crippen molar-refractivity contribution in [1.29, 1.82) is 0 Å². The van der Waals surface area contributed by atoms with E-state index in [1.165, 1.54) is 92.3 Å². The van der Waals surface area contributed by atoms with Crippen LogP contribution in [-0.2, 0) is 5.41 Å². The highest BCUT2D eigenvalue weighted by atomic mass is 32.1. The molecule has 0 bridgehead atoms. The molecule has 12 rings (SSSR count). The van der Waals surface area contributed by atoms with Crippen LogP contribution in [0.3, 0.4) is 0 Å². The van der Waals surface area contributed by atoms with Crippen LogP contribution in [0.25, 0.3) is 64.3 Å². The lowest BCUT2D eigenvalue weighted by Gasteiger charge is -2.34. The van der Waals surface area contributed by atoms with Crippen molar-refractivity contribution >= 4 is 59.3 Å². The summed E-state index contributed by atoms with van der Waals surface area (Å²) in [7, 11) is 0. The summed E-state index contributed by atoms with van der Waals surface area (Å²) < 4.78 is 2.57. The van der Waals surface area contributed by atoms with Crippen molar-refractivity contribution in [2.75, 3.05) is 4.90 Å². The minimum absolute atomic E-state index is 0.511. The zero-order chi connectivity index (χ0) is 40.3. The quantitative estimate of drug-likeness (QED) is 0.155. The van der Waals surface area contributed by atoms with E-state index in [1.807, 2.05) is 11.3 Å². The van der Waals surface area contributed by atoms with Crippen molar-refractivity contribution in [2.45, 2.75) is 5.41 Å². The van der Waals surface area contributed by atoms with Crippen LogP contribution in [-0.4, -0.2) is 0 Å². The molecule has 11 aromatic rings. The average Bonchev–Trinajstić information content (AvgIpc) is 3.88. The molecule has 0 spiro atoms. The molecule has 1 heterocycles. The fourth-order valence-electron chi connectivity index (χ4n) is 10.2. The van der Waals surface area contributed by atoms with Gasteiger partial charge in [0.2, 0.25) is 0 Å². The second kappa shape index (κ2) is 14.3. The summed E-state index contributed by atoms with van der Waals surface area (Å²) in [6, 6.07) is 87.2. The van der Waals surface area contributed by atoms with Crippen molar-refractivity contribution in [3.63, 3.8) is 0 Å². The van der Waals surface area contributed by atoms with E-state index in [0.29, 0.717) is 0 Å². The van der Waals surface area contributed by atoms with Gasteiger partial charge in [0.25, 0.3) is 0 Å². The van der Waals surface area contributed by atoms with Crippen molar-refractivity contribution in [3.8, 4) is 33.4 Å². The Morgan fingerprint density at radius 3 is 1.61 bits per heavy atom. The summed E-state index contributed by atoms with van der Waals surface area (Å²) in [5.41, 5.74) is 15.5. The highest BCUT2D eigenvalue weighted by molar-refractivity contribution is 7.27. The lowest BCUT2D eigenvalue weighted by atomic mass is 9.68. The maximum Gasteiger partial charge on any atom is 0.0714 e. The topological polar surface area (TPSA) is 3.24 Å². The fraction of sp³-hybridized carbons (Fsp3) is 0.0169. The first kappa shape index (κ1) is 35.4. The molecule has 0 saturated heterocycles. The predicted octanol–water partition coefficient (Wildman–Crippen LogP) is 16.4. The lowest BCUT2D eigenvalue weighted by molar-refractivity contribution is 0.768. The molecule has 286 valence electrons. The largest absolute Gasteiger partial charge is 0.308 e. The highest BCUT2D eigenvalue weighted by Crippen LogP contribution is 2.60. The standard InChI is InChI=1S/C59H39NS/c1-4-18-41(19-5-1)48-29-15-30-49-50-31-16-35-55(58(50)61-57(48)49)60(45-38-36-42(37-39-45)47-28-14-21-40-20-10-11-26-46(40)47)54-34-17-33-53-56(54)51-27-12-13-32-52(51)59(53,43-22-6-2-7-23-43)44-24-8-3-9-25-44/h1-39H. The van der Waals surface area contributed by atoms with Gasteiger partial charge < -0.3 is 4.90 Å². The van der Waals surface area contributed by atoms with Crippen LogP contribution < -0.4 is 4.90 Å². The van der Waals surface area contributed by atoms with Gasteiger partial charge in [-0.1, -0.05) is 212 Å². The van der Waals surface area contributed by atoms with E-state index in [2.05, 4.69) is 241 Å². The van der Waals surface area contributed by atoms with Gasteiger partial charge in [-0.25, -0.2) is 0 Å². The Bertz CT molecular complexity index is 3360. The Labute approximate surface area is 360 Å². The van der Waals surface area contributed by atoms with Gasteiger partial charge in [0.15, 0.2) is 0 Å². The number of anilines is 3. The van der Waals surface area contributed by atoms with Crippen LogP contribution in [0.5, 0.6) is 0 Å². The molecule has 0 unspecified atom stereocenters. The molecule has 0 saturated carbocycles. The van der Waals surface area contributed by atoms with E-state index in [9.17, 15) is 0 Å². The van der Waals surface area contributed by atoms with Crippen molar-refractivity contribution < 1.29 is 0 Å². The SMILES string of the molecule is c1ccc(-c2cccc3c2sc2c(N(c4ccc(-c5cccc6ccccc56)cc4)c4cccc5c4-c4ccccc4C5(c4ccccc4)c4ccccc4)cccc23)cc1. The Kier molecular flexibility index (Phi) is 8.33. The molecule has 1 aromatic heterocycles. The van der Waals surface area contributed by atoms with E-state index in [4.69, 9.17) is 0 Å². The molecule has 1 aliphatic carbocycles. The monoisotopic (exact) mass is 793 g/mol. The summed E-state index contributed by atoms with van der Waals surface area (Å²) in [5, 5.41) is 5.05. The highest BCUT2D eigenvalue weighted by Gasteiger charge is 2.47. The van der Waals surface area contributed by atoms with Crippen molar-refractivity contribution in [3.05, 3.63) is 259 Å². The van der Waals surface area contributed by atoms with Gasteiger partial charge in [-0.05, 0) is 85.1 Å². The summed E-state index contributed by atoms with van der Waals surface area (Å²) >= 11 is 1.90. The molecule has 0 amide bonds. The molecule has 0 radical (unpaired) electrons. The van der Waals surface area contributed by atoms with E-state index in [-0.39, 0.29) is 0 Å². The number of nitrogens with zero attached hydrogens (tertiary/aromatic N) is 1. The number of hydrogen-bond donors (Lipinski definition) is 0. The third-order valence-electron chi connectivity index (χ3n) is 12.8. The van der Waals surface area contributed by atoms with Crippen molar-refractivity contribution in [1.82, 2.24) is 0 Å². The second-order valence-corrected chi connectivity index (χ2v) is 17.0. The predicted molar refractivity (Wildman–Crippen MR) is 260 cm³/mol. The van der Waals surface area contributed by atoms with Crippen LogP contribution >= 0.6 is 11.3 Å². The second-order valence-electron chi connectivity index (χ2n) is 15.9. The number of benzene rings is 10. The Morgan fingerprint density at radius 2 is 0.836 bits per heavy atom. The Morgan fingerprint density at radius 1 is 0.328 bits per heavy atom. The number of hydrogen-bond acceptors (Lipinski definition) is 2. The minimum Gasteiger partial charge on any atom is -0.308 e. The summed E-state index contributed by atoms with van der Waals surface area (Å²) in [4.78, 5) is 2.54. The molecular weight excluding hydrogens is 755 g/mol. The molecule has 2 heteroatoms. The van der Waals surface area contributed by atoms with Gasteiger partial charge in [-0.3, -0.25) is 0 Å². The zero-order valence-electron chi connectivity index (χ0n) is 33.4. The van der Waals surface area contributed by atoms with E-state index in [1.54, 1.807) is 0 Å². The third kappa shape index (κ3) is 5.46. The first-order chi connectivity index (χ1) is 30.3. The van der Waals surface area contributed by atoms with Gasteiger partial charge in [0.05, 0.1) is 21.5 Å². The smallest absolute Gasteiger partial charge is 0.0714 e. The molecule has 0 aliphatic heterocycles.